The lowest BCUT2D eigenvalue weighted by molar-refractivity contribution is -0.138. The van der Waals surface area contributed by atoms with Gasteiger partial charge in [-0.15, -0.1) is 24.8 Å². The van der Waals surface area contributed by atoms with Crippen molar-refractivity contribution >= 4 is 24.8 Å². The van der Waals surface area contributed by atoms with Crippen LogP contribution in [0.3, 0.4) is 0 Å². The van der Waals surface area contributed by atoms with E-state index in [0.29, 0.717) is 38.3 Å². The summed E-state index contributed by atoms with van der Waals surface area (Å²) in [6, 6.07) is 0.111. The minimum absolute atomic E-state index is 0. The maximum Gasteiger partial charge on any atom is 0.389 e. The molecule has 0 aliphatic carbocycles. The molecule has 1 aromatic rings. The first-order valence-corrected chi connectivity index (χ1v) is 6.94. The number of hydrogen-bond acceptors (Lipinski definition) is 2. The average molecular weight is 399 g/mol. The lowest BCUT2D eigenvalue weighted by Gasteiger charge is -2.35. The quantitative estimate of drug-likeness (QED) is 0.602. The fraction of sp³-hybridized carbons (Fsp3) is 0.571. The topological polar surface area (TPSA) is 15.3 Å². The molecule has 1 aliphatic rings. The van der Waals surface area contributed by atoms with E-state index in [1.54, 1.807) is 4.90 Å². The zero-order chi connectivity index (χ0) is 16.3. The van der Waals surface area contributed by atoms with Crippen molar-refractivity contribution in [3.63, 3.8) is 0 Å². The molecule has 0 saturated carbocycles. The molecule has 0 bridgehead atoms. The maximum absolute atomic E-state index is 13.9. The summed E-state index contributed by atoms with van der Waals surface area (Å²) in [5.74, 6) is -3.63. The van der Waals surface area contributed by atoms with E-state index >= 15 is 0 Å². The molecule has 1 heterocycles. The van der Waals surface area contributed by atoms with Crippen LogP contribution in [0.4, 0.5) is 26.3 Å². The van der Waals surface area contributed by atoms with Crippen LogP contribution in [0, 0.1) is 17.5 Å². The van der Waals surface area contributed by atoms with Crippen LogP contribution in [-0.4, -0.2) is 37.3 Å². The third kappa shape index (κ3) is 6.31. The molecule has 0 radical (unpaired) electrons. The largest absolute Gasteiger partial charge is 0.389 e. The Hall–Kier alpha value is -0.700. The van der Waals surface area contributed by atoms with E-state index < -0.39 is 42.5 Å². The van der Waals surface area contributed by atoms with Crippen LogP contribution in [0.15, 0.2) is 12.1 Å². The van der Waals surface area contributed by atoms with E-state index in [1.165, 1.54) is 0 Å². The molecule has 0 unspecified atom stereocenters. The molecular weight excluding hydrogens is 381 g/mol. The van der Waals surface area contributed by atoms with Crippen molar-refractivity contribution in [3.05, 3.63) is 35.1 Å². The van der Waals surface area contributed by atoms with Crippen LogP contribution in [0.25, 0.3) is 0 Å². The fourth-order valence-electron chi connectivity index (χ4n) is 2.62. The van der Waals surface area contributed by atoms with E-state index in [2.05, 4.69) is 5.32 Å². The Balaban J connectivity index is 0.00000264. The molecular formula is C14H18Cl2F6N2. The van der Waals surface area contributed by atoms with E-state index in [9.17, 15) is 26.3 Å². The summed E-state index contributed by atoms with van der Waals surface area (Å²) in [4.78, 5) is 1.66. The second-order valence-corrected chi connectivity index (χ2v) is 5.24. The summed E-state index contributed by atoms with van der Waals surface area (Å²) in [6.45, 7) is 1.93. The Labute approximate surface area is 148 Å². The number of nitrogens with zero attached hydrogens (tertiary/aromatic N) is 1. The zero-order valence-electron chi connectivity index (χ0n) is 12.5. The third-order valence-corrected chi connectivity index (χ3v) is 3.69. The summed E-state index contributed by atoms with van der Waals surface area (Å²) >= 11 is 0. The Morgan fingerprint density at radius 1 is 0.958 bits per heavy atom. The van der Waals surface area contributed by atoms with Crippen molar-refractivity contribution < 1.29 is 26.3 Å². The minimum atomic E-state index is -4.39. The average Bonchev–Trinajstić information content (AvgIpc) is 2.44. The van der Waals surface area contributed by atoms with Crippen molar-refractivity contribution in [2.24, 2.45) is 0 Å². The predicted octanol–water partition coefficient (Wildman–Crippen LogP) is 4.24. The molecule has 2 rings (SSSR count). The van der Waals surface area contributed by atoms with Crippen molar-refractivity contribution in [1.82, 2.24) is 10.2 Å². The smallest absolute Gasteiger partial charge is 0.314 e. The van der Waals surface area contributed by atoms with Crippen LogP contribution in [0.1, 0.15) is 24.4 Å². The molecule has 1 aliphatic heterocycles. The van der Waals surface area contributed by atoms with Gasteiger partial charge in [0.2, 0.25) is 0 Å². The summed E-state index contributed by atoms with van der Waals surface area (Å²) in [6.07, 6.45) is -5.90. The van der Waals surface area contributed by atoms with Crippen LogP contribution in [0.2, 0.25) is 0 Å². The van der Waals surface area contributed by atoms with Gasteiger partial charge in [0.1, 0.15) is 5.82 Å². The highest BCUT2D eigenvalue weighted by Crippen LogP contribution is 2.33. The van der Waals surface area contributed by atoms with E-state index in [0.717, 1.165) is 0 Å². The van der Waals surface area contributed by atoms with Gasteiger partial charge >= 0.3 is 6.18 Å². The van der Waals surface area contributed by atoms with Gasteiger partial charge in [-0.3, -0.25) is 4.90 Å². The summed E-state index contributed by atoms with van der Waals surface area (Å²) < 4.78 is 77.8. The van der Waals surface area contributed by atoms with Crippen LogP contribution in [0.5, 0.6) is 0 Å². The van der Waals surface area contributed by atoms with Gasteiger partial charge in [-0.1, -0.05) is 0 Å². The van der Waals surface area contributed by atoms with Gasteiger partial charge in [0.15, 0.2) is 11.6 Å². The monoisotopic (exact) mass is 398 g/mol. The lowest BCUT2D eigenvalue weighted by atomic mass is 9.98. The number of halogens is 8. The molecule has 1 fully saturated rings. The predicted molar refractivity (Wildman–Crippen MR) is 83.3 cm³/mol. The molecule has 1 atom stereocenters. The first-order valence-electron chi connectivity index (χ1n) is 6.94. The van der Waals surface area contributed by atoms with Gasteiger partial charge < -0.3 is 5.32 Å². The minimum Gasteiger partial charge on any atom is -0.314 e. The molecule has 0 spiro atoms. The number of piperazine rings is 1. The van der Waals surface area contributed by atoms with Crippen LogP contribution < -0.4 is 5.32 Å². The molecule has 10 heteroatoms. The highest BCUT2D eigenvalue weighted by molar-refractivity contribution is 5.85. The van der Waals surface area contributed by atoms with Gasteiger partial charge in [-0.25, -0.2) is 13.2 Å². The molecule has 2 nitrogen and oxygen atoms in total. The number of rotatable bonds is 4. The summed E-state index contributed by atoms with van der Waals surface area (Å²) in [7, 11) is 0. The molecule has 24 heavy (non-hydrogen) atoms. The van der Waals surface area contributed by atoms with Crippen molar-refractivity contribution in [2.75, 3.05) is 26.2 Å². The van der Waals surface area contributed by atoms with Gasteiger partial charge in [0.05, 0.1) is 0 Å². The number of alkyl halides is 3. The molecule has 0 amide bonds. The lowest BCUT2D eigenvalue weighted by Crippen LogP contribution is -2.45. The Morgan fingerprint density at radius 3 is 2.04 bits per heavy atom. The first kappa shape index (κ1) is 23.3. The molecule has 0 aromatic heterocycles. The van der Waals surface area contributed by atoms with E-state index in [-0.39, 0.29) is 30.4 Å². The van der Waals surface area contributed by atoms with E-state index in [4.69, 9.17) is 0 Å². The number of benzene rings is 1. The van der Waals surface area contributed by atoms with E-state index in [1.807, 2.05) is 0 Å². The summed E-state index contributed by atoms with van der Waals surface area (Å²) in [5, 5.41) is 3.04. The van der Waals surface area contributed by atoms with Crippen molar-refractivity contribution in [3.8, 4) is 0 Å². The number of hydrogen-bond donors (Lipinski definition) is 1. The standard InChI is InChI=1S/C14H16F6N2.2ClH/c15-10-8-12(17)11(16)7-9(10)13(1-2-14(18,19)20)22-5-3-21-4-6-22;;/h7-8,13,21H,1-6H2;2*1H/t13-;;/m0../s1. The molecule has 1 aromatic carbocycles. The normalized spacial score (nSPS) is 16.9. The molecule has 140 valence electrons. The SMILES string of the molecule is Cl.Cl.Fc1cc(F)c([C@H](CCC(F)(F)F)N2CCNCC2)cc1F. The highest BCUT2D eigenvalue weighted by atomic mass is 35.5. The van der Waals surface area contributed by atoms with Crippen LogP contribution >= 0.6 is 24.8 Å². The maximum atomic E-state index is 13.9. The van der Waals surface area contributed by atoms with Crippen molar-refractivity contribution in [2.45, 2.75) is 25.1 Å². The Kier molecular flexibility index (Phi) is 9.41. The number of nitrogens with one attached hydrogen (secondary N) is 1. The Bertz CT molecular complexity index is 521. The van der Waals surface area contributed by atoms with Crippen molar-refractivity contribution in [1.29, 1.82) is 0 Å². The fourth-order valence-corrected chi connectivity index (χ4v) is 2.62. The molecule has 1 saturated heterocycles. The third-order valence-electron chi connectivity index (χ3n) is 3.69. The van der Waals surface area contributed by atoms with Gasteiger partial charge in [0, 0.05) is 50.3 Å². The first-order chi connectivity index (χ1) is 10.3. The Morgan fingerprint density at radius 2 is 1.50 bits per heavy atom. The van der Waals surface area contributed by atoms with Gasteiger partial charge in [-0.2, -0.15) is 13.2 Å². The second kappa shape index (κ2) is 9.70. The molecule has 1 N–H and O–H groups in total. The van der Waals surface area contributed by atoms with Crippen LogP contribution in [-0.2, 0) is 0 Å². The summed E-state index contributed by atoms with van der Waals surface area (Å²) in [5.41, 5.74) is -0.231. The van der Waals surface area contributed by atoms with Gasteiger partial charge in [0.25, 0.3) is 0 Å². The second-order valence-electron chi connectivity index (χ2n) is 5.24. The van der Waals surface area contributed by atoms with Gasteiger partial charge in [-0.05, 0) is 12.5 Å². The highest BCUT2D eigenvalue weighted by Gasteiger charge is 2.32. The zero-order valence-corrected chi connectivity index (χ0v) is 14.1.